The number of aromatic hydroxyl groups is 2. The highest BCUT2D eigenvalue weighted by atomic mass is 16.3. The lowest BCUT2D eigenvalue weighted by Crippen LogP contribution is -1.75. The van der Waals surface area contributed by atoms with Gasteiger partial charge in [0.1, 0.15) is 11.5 Å². The first-order valence-electron chi connectivity index (χ1n) is 5.66. The molecule has 2 aromatic rings. The van der Waals surface area contributed by atoms with E-state index in [9.17, 15) is 0 Å². The summed E-state index contributed by atoms with van der Waals surface area (Å²) in [5.41, 5.74) is 2.18. The summed E-state index contributed by atoms with van der Waals surface area (Å²) in [5.74, 6) is 0.708. The van der Waals surface area contributed by atoms with Crippen LogP contribution < -0.4 is 0 Å². The second-order valence-electron chi connectivity index (χ2n) is 3.81. The van der Waals surface area contributed by atoms with Crippen LogP contribution in [-0.4, -0.2) is 10.2 Å². The zero-order chi connectivity index (χ0) is 12.7. The maximum Gasteiger partial charge on any atom is 0.118 e. The van der Waals surface area contributed by atoms with Crippen molar-refractivity contribution in [3.05, 3.63) is 59.7 Å². The van der Waals surface area contributed by atoms with Crippen LogP contribution in [-0.2, 0) is 6.42 Å². The monoisotopic (exact) mass is 230 g/mol. The summed E-state index contributed by atoms with van der Waals surface area (Å²) in [4.78, 5) is 0. The van der Waals surface area contributed by atoms with E-state index in [2.05, 4.69) is 6.92 Å². The highest BCUT2D eigenvalue weighted by molar-refractivity contribution is 5.29. The minimum absolute atomic E-state index is 0.340. The van der Waals surface area contributed by atoms with Crippen LogP contribution in [0.5, 0.6) is 11.5 Å². The summed E-state index contributed by atoms with van der Waals surface area (Å²) < 4.78 is 0. The van der Waals surface area contributed by atoms with Crippen molar-refractivity contribution in [2.45, 2.75) is 20.3 Å². The largest absolute Gasteiger partial charge is 0.508 e. The third kappa shape index (κ3) is 4.60. The molecule has 2 heteroatoms. The van der Waals surface area contributed by atoms with Crippen LogP contribution in [0.4, 0.5) is 0 Å². The number of phenolic OH excluding ortho intramolecular Hbond substituents is 2. The molecule has 0 aromatic heterocycles. The molecule has 0 radical (unpaired) electrons. The van der Waals surface area contributed by atoms with Crippen molar-refractivity contribution in [2.24, 2.45) is 0 Å². The molecule has 2 nitrogen and oxygen atoms in total. The average Bonchev–Trinajstić information content (AvgIpc) is 2.35. The molecule has 0 fully saturated rings. The molecule has 0 spiro atoms. The Hall–Kier alpha value is -1.96. The Labute approximate surface area is 102 Å². The SMILES string of the molecule is CCc1ccc(O)cc1.Cc1ccccc1O. The molecule has 0 unspecified atom stereocenters. The Kier molecular flexibility index (Phi) is 5.08. The zero-order valence-corrected chi connectivity index (χ0v) is 10.2. The number of hydrogen-bond donors (Lipinski definition) is 2. The van der Waals surface area contributed by atoms with Gasteiger partial charge in [0, 0.05) is 0 Å². The lowest BCUT2D eigenvalue weighted by Gasteiger charge is -1.93. The predicted molar refractivity (Wildman–Crippen MR) is 70.3 cm³/mol. The molecule has 0 amide bonds. The summed E-state index contributed by atoms with van der Waals surface area (Å²) in [6.45, 7) is 3.96. The standard InChI is InChI=1S/C8H10O.C7H8O/c1-2-7-3-5-8(9)6-4-7;1-6-4-2-3-5-7(6)8/h3-6,9H,2H2,1H3;2-5,8H,1H3. The molecule has 2 aromatic carbocycles. The Morgan fingerprint density at radius 1 is 0.882 bits per heavy atom. The van der Waals surface area contributed by atoms with Crippen molar-refractivity contribution in [2.75, 3.05) is 0 Å². The average molecular weight is 230 g/mol. The Morgan fingerprint density at radius 3 is 1.88 bits per heavy atom. The van der Waals surface area contributed by atoms with Gasteiger partial charge >= 0.3 is 0 Å². The van der Waals surface area contributed by atoms with Crippen LogP contribution in [0.2, 0.25) is 0 Å². The van der Waals surface area contributed by atoms with Gasteiger partial charge < -0.3 is 10.2 Å². The van der Waals surface area contributed by atoms with Crippen LogP contribution in [0.3, 0.4) is 0 Å². The second kappa shape index (κ2) is 6.59. The van der Waals surface area contributed by atoms with Crippen LogP contribution in [0.25, 0.3) is 0 Å². The van der Waals surface area contributed by atoms with Gasteiger partial charge in [-0.2, -0.15) is 0 Å². The first-order valence-corrected chi connectivity index (χ1v) is 5.66. The van der Waals surface area contributed by atoms with Gasteiger partial charge in [-0.3, -0.25) is 0 Å². The molecular formula is C15H18O2. The smallest absolute Gasteiger partial charge is 0.118 e. The quantitative estimate of drug-likeness (QED) is 0.785. The van der Waals surface area contributed by atoms with Gasteiger partial charge in [-0.05, 0) is 42.7 Å². The number of para-hydroxylation sites is 1. The zero-order valence-electron chi connectivity index (χ0n) is 10.2. The number of rotatable bonds is 1. The Balaban J connectivity index is 0.000000171. The molecule has 17 heavy (non-hydrogen) atoms. The van der Waals surface area contributed by atoms with Crippen molar-refractivity contribution in [3.8, 4) is 11.5 Å². The summed E-state index contributed by atoms with van der Waals surface area (Å²) in [6, 6.07) is 14.5. The minimum atomic E-state index is 0.340. The fraction of sp³-hybridized carbons (Fsp3) is 0.200. The van der Waals surface area contributed by atoms with E-state index in [1.807, 2.05) is 37.3 Å². The van der Waals surface area contributed by atoms with Crippen molar-refractivity contribution in [1.29, 1.82) is 0 Å². The van der Waals surface area contributed by atoms with Crippen LogP contribution >= 0.6 is 0 Å². The van der Waals surface area contributed by atoms with Crippen LogP contribution in [0.15, 0.2) is 48.5 Å². The van der Waals surface area contributed by atoms with E-state index in [1.165, 1.54) is 5.56 Å². The lowest BCUT2D eigenvalue weighted by atomic mass is 10.2. The third-order valence-corrected chi connectivity index (χ3v) is 2.46. The topological polar surface area (TPSA) is 40.5 Å². The van der Waals surface area contributed by atoms with E-state index in [0.29, 0.717) is 11.5 Å². The van der Waals surface area contributed by atoms with E-state index >= 15 is 0 Å². The van der Waals surface area contributed by atoms with Gasteiger partial charge in [-0.25, -0.2) is 0 Å². The third-order valence-electron chi connectivity index (χ3n) is 2.46. The normalized spacial score (nSPS) is 9.29. The number of aryl methyl sites for hydroxylation is 2. The van der Waals surface area contributed by atoms with Crippen LogP contribution in [0.1, 0.15) is 18.1 Å². The van der Waals surface area contributed by atoms with Gasteiger partial charge in [-0.1, -0.05) is 37.3 Å². The van der Waals surface area contributed by atoms with Crippen LogP contribution in [0, 0.1) is 6.92 Å². The summed E-state index contributed by atoms with van der Waals surface area (Å²) in [7, 11) is 0. The van der Waals surface area contributed by atoms with Crippen molar-refractivity contribution in [1.82, 2.24) is 0 Å². The molecule has 0 aliphatic heterocycles. The maximum absolute atomic E-state index is 8.92. The predicted octanol–water partition coefficient (Wildman–Crippen LogP) is 3.66. The molecule has 2 N–H and O–H groups in total. The maximum atomic E-state index is 8.92. The van der Waals surface area contributed by atoms with Gasteiger partial charge in [-0.15, -0.1) is 0 Å². The summed E-state index contributed by atoms with van der Waals surface area (Å²) >= 11 is 0. The summed E-state index contributed by atoms with van der Waals surface area (Å²) in [6.07, 6.45) is 1.03. The number of hydrogen-bond acceptors (Lipinski definition) is 2. The van der Waals surface area contributed by atoms with Gasteiger partial charge in [0.25, 0.3) is 0 Å². The molecule has 0 aliphatic rings. The van der Waals surface area contributed by atoms with E-state index in [0.717, 1.165) is 12.0 Å². The first kappa shape index (κ1) is 13.1. The molecule has 0 aliphatic carbocycles. The lowest BCUT2D eigenvalue weighted by molar-refractivity contribution is 0.471. The molecular weight excluding hydrogens is 212 g/mol. The highest BCUT2D eigenvalue weighted by Crippen LogP contribution is 2.12. The molecule has 0 saturated heterocycles. The van der Waals surface area contributed by atoms with E-state index in [4.69, 9.17) is 10.2 Å². The van der Waals surface area contributed by atoms with Crippen molar-refractivity contribution < 1.29 is 10.2 Å². The van der Waals surface area contributed by atoms with E-state index in [-0.39, 0.29) is 0 Å². The molecule has 0 heterocycles. The highest BCUT2D eigenvalue weighted by Gasteiger charge is 1.87. The minimum Gasteiger partial charge on any atom is -0.508 e. The van der Waals surface area contributed by atoms with Gasteiger partial charge in [0.2, 0.25) is 0 Å². The Morgan fingerprint density at radius 2 is 1.47 bits per heavy atom. The molecule has 0 saturated carbocycles. The van der Waals surface area contributed by atoms with Gasteiger partial charge in [0.15, 0.2) is 0 Å². The van der Waals surface area contributed by atoms with E-state index in [1.54, 1.807) is 18.2 Å². The van der Waals surface area contributed by atoms with Crippen molar-refractivity contribution >= 4 is 0 Å². The second-order valence-corrected chi connectivity index (χ2v) is 3.81. The first-order chi connectivity index (χ1) is 8.13. The molecule has 90 valence electrons. The van der Waals surface area contributed by atoms with E-state index < -0.39 is 0 Å². The summed E-state index contributed by atoms with van der Waals surface area (Å²) in [5, 5.41) is 17.8. The number of phenols is 2. The Bertz CT molecular complexity index is 426. The molecule has 0 atom stereocenters. The fourth-order valence-electron chi connectivity index (χ4n) is 1.30. The van der Waals surface area contributed by atoms with Gasteiger partial charge in [0.05, 0.1) is 0 Å². The fourth-order valence-corrected chi connectivity index (χ4v) is 1.30. The molecule has 0 bridgehead atoms. The van der Waals surface area contributed by atoms with Crippen molar-refractivity contribution in [3.63, 3.8) is 0 Å². The molecule has 2 rings (SSSR count). The number of benzene rings is 2.